The highest BCUT2D eigenvalue weighted by molar-refractivity contribution is 6.60. The minimum absolute atomic E-state index is 0.515. The molecule has 0 aromatic heterocycles. The van der Waals surface area contributed by atoms with Crippen LogP contribution in [0.5, 0.6) is 5.75 Å². The molecule has 7 heteroatoms. The number of benzene rings is 1. The third kappa shape index (κ3) is 6.60. The molecule has 0 saturated heterocycles. The maximum Gasteiger partial charge on any atom is 0.513 e. The van der Waals surface area contributed by atoms with Crippen molar-refractivity contribution in [2.45, 2.75) is 39.7 Å². The quantitative estimate of drug-likeness (QED) is 0.341. The zero-order valence-electron chi connectivity index (χ0n) is 15.0. The van der Waals surface area contributed by atoms with E-state index < -0.39 is 15.0 Å². The molecule has 24 heavy (non-hydrogen) atoms. The predicted octanol–water partition coefficient (Wildman–Crippen LogP) is 3.81. The number of hydrogen-bond donors (Lipinski definition) is 0. The normalized spacial score (nSPS) is 11.3. The molecule has 0 radical (unpaired) electrons. The highest BCUT2D eigenvalue weighted by atomic mass is 28.4. The zero-order chi connectivity index (χ0) is 17.8. The molecule has 0 atom stereocenters. The Hall–Kier alpha value is -1.41. The first-order valence-corrected chi connectivity index (χ1v) is 10.3. The molecule has 0 heterocycles. The van der Waals surface area contributed by atoms with Gasteiger partial charge < -0.3 is 22.8 Å². The van der Waals surface area contributed by atoms with Gasteiger partial charge in [0.1, 0.15) is 5.75 Å². The molecule has 0 unspecified atom stereocenters. The number of ether oxygens (including phenoxy) is 2. The van der Waals surface area contributed by atoms with Crippen LogP contribution in [0, 0.1) is 0 Å². The standard InChI is InChI=1S/C17H28O6Si/c1-5-20-24(21-6-2,22-7-3)14-10-12-15-11-8-9-13-16(15)23-17(18)19-4/h8-9,11,13H,5-7,10,12,14H2,1-4H3. The second-order valence-corrected chi connectivity index (χ2v) is 7.73. The van der Waals surface area contributed by atoms with Gasteiger partial charge >= 0.3 is 15.0 Å². The molecule has 0 aliphatic heterocycles. The minimum atomic E-state index is -2.64. The Morgan fingerprint density at radius 1 is 1.00 bits per heavy atom. The topological polar surface area (TPSA) is 63.2 Å². The van der Waals surface area contributed by atoms with Crippen LogP contribution in [0.15, 0.2) is 24.3 Å². The van der Waals surface area contributed by atoms with Crippen molar-refractivity contribution in [2.24, 2.45) is 0 Å². The number of para-hydroxylation sites is 1. The van der Waals surface area contributed by atoms with Gasteiger partial charge in [-0.15, -0.1) is 0 Å². The van der Waals surface area contributed by atoms with E-state index >= 15 is 0 Å². The summed E-state index contributed by atoms with van der Waals surface area (Å²) in [6, 6.07) is 8.14. The fourth-order valence-corrected chi connectivity index (χ4v) is 5.05. The van der Waals surface area contributed by atoms with Gasteiger partial charge in [0, 0.05) is 25.9 Å². The van der Waals surface area contributed by atoms with Crippen LogP contribution in [-0.4, -0.2) is 41.9 Å². The van der Waals surface area contributed by atoms with Crippen molar-refractivity contribution in [3.63, 3.8) is 0 Å². The van der Waals surface area contributed by atoms with Crippen LogP contribution >= 0.6 is 0 Å². The van der Waals surface area contributed by atoms with E-state index in [4.69, 9.17) is 18.0 Å². The number of aryl methyl sites for hydroxylation is 1. The van der Waals surface area contributed by atoms with Crippen molar-refractivity contribution in [2.75, 3.05) is 26.9 Å². The number of rotatable bonds is 11. The van der Waals surface area contributed by atoms with E-state index in [1.165, 1.54) is 7.11 Å². The second kappa shape index (κ2) is 11.2. The van der Waals surface area contributed by atoms with Gasteiger partial charge in [0.15, 0.2) is 0 Å². The van der Waals surface area contributed by atoms with Gasteiger partial charge in [-0.05, 0) is 45.2 Å². The molecule has 1 aromatic rings. The van der Waals surface area contributed by atoms with Crippen molar-refractivity contribution in [3.05, 3.63) is 29.8 Å². The Labute approximate surface area is 145 Å². The van der Waals surface area contributed by atoms with Gasteiger partial charge in [0.25, 0.3) is 0 Å². The number of hydrogen-bond acceptors (Lipinski definition) is 6. The van der Waals surface area contributed by atoms with Gasteiger partial charge in [0.2, 0.25) is 0 Å². The Morgan fingerprint density at radius 2 is 1.58 bits per heavy atom. The van der Waals surface area contributed by atoms with Crippen LogP contribution in [0.25, 0.3) is 0 Å². The van der Waals surface area contributed by atoms with Crippen molar-refractivity contribution >= 4 is 15.0 Å². The van der Waals surface area contributed by atoms with Gasteiger partial charge in [-0.1, -0.05) is 18.2 Å². The van der Waals surface area contributed by atoms with Crippen LogP contribution in [0.4, 0.5) is 4.79 Å². The Kier molecular flexibility index (Phi) is 9.62. The van der Waals surface area contributed by atoms with E-state index in [9.17, 15) is 4.79 Å². The van der Waals surface area contributed by atoms with Crippen LogP contribution < -0.4 is 4.74 Å². The third-order valence-electron chi connectivity index (χ3n) is 3.35. The molecule has 0 spiro atoms. The largest absolute Gasteiger partial charge is 0.513 e. The summed E-state index contributed by atoms with van der Waals surface area (Å²) in [6.07, 6.45) is 0.826. The fraction of sp³-hybridized carbons (Fsp3) is 0.588. The Bertz CT molecular complexity index is 477. The monoisotopic (exact) mass is 356 g/mol. The number of methoxy groups -OCH3 is 1. The average Bonchev–Trinajstić information content (AvgIpc) is 2.57. The lowest BCUT2D eigenvalue weighted by molar-refractivity contribution is 0.0708. The van der Waals surface area contributed by atoms with E-state index in [1.807, 2.05) is 39.0 Å². The highest BCUT2D eigenvalue weighted by Gasteiger charge is 2.39. The number of carbonyl (C=O) groups is 1. The first kappa shape index (κ1) is 20.6. The van der Waals surface area contributed by atoms with Crippen molar-refractivity contribution in [1.82, 2.24) is 0 Å². The molecule has 0 aliphatic carbocycles. The van der Waals surface area contributed by atoms with Crippen molar-refractivity contribution in [1.29, 1.82) is 0 Å². The first-order valence-electron chi connectivity index (χ1n) is 8.36. The van der Waals surface area contributed by atoms with Gasteiger partial charge in [-0.25, -0.2) is 4.79 Å². The molecular formula is C17H28O6Si. The van der Waals surface area contributed by atoms with Crippen molar-refractivity contribution < 1.29 is 27.5 Å². The summed E-state index contributed by atoms with van der Waals surface area (Å²) in [5.74, 6) is 0.515. The lowest BCUT2D eigenvalue weighted by Gasteiger charge is -2.28. The fourth-order valence-electron chi connectivity index (χ4n) is 2.44. The second-order valence-electron chi connectivity index (χ2n) is 5.00. The zero-order valence-corrected chi connectivity index (χ0v) is 16.0. The van der Waals surface area contributed by atoms with Gasteiger partial charge in [-0.3, -0.25) is 0 Å². The summed E-state index contributed by atoms with van der Waals surface area (Å²) in [4.78, 5) is 11.3. The summed E-state index contributed by atoms with van der Waals surface area (Å²) in [5.41, 5.74) is 0.940. The third-order valence-corrected chi connectivity index (χ3v) is 6.51. The maximum absolute atomic E-state index is 11.3. The molecule has 1 rings (SSSR count). The molecule has 0 aliphatic rings. The van der Waals surface area contributed by atoms with Crippen LogP contribution in [-0.2, 0) is 24.4 Å². The lowest BCUT2D eigenvalue weighted by atomic mass is 10.1. The van der Waals surface area contributed by atoms with E-state index in [0.717, 1.165) is 24.4 Å². The molecule has 0 N–H and O–H groups in total. The summed E-state index contributed by atoms with van der Waals surface area (Å²) in [7, 11) is -1.35. The summed E-state index contributed by atoms with van der Waals surface area (Å²) in [6.45, 7) is 7.52. The maximum atomic E-state index is 11.3. The molecule has 0 amide bonds. The Morgan fingerprint density at radius 3 is 2.12 bits per heavy atom. The van der Waals surface area contributed by atoms with Crippen LogP contribution in [0.2, 0.25) is 6.04 Å². The molecule has 1 aromatic carbocycles. The molecular weight excluding hydrogens is 328 g/mol. The molecule has 6 nitrogen and oxygen atoms in total. The molecule has 0 fully saturated rings. The molecule has 0 bridgehead atoms. The first-order chi connectivity index (χ1) is 11.6. The van der Waals surface area contributed by atoms with Gasteiger partial charge in [0.05, 0.1) is 7.11 Å². The minimum Gasteiger partial charge on any atom is -0.437 e. The smallest absolute Gasteiger partial charge is 0.437 e. The van der Waals surface area contributed by atoms with E-state index in [-0.39, 0.29) is 0 Å². The molecule has 0 saturated carbocycles. The van der Waals surface area contributed by atoms with Gasteiger partial charge in [-0.2, -0.15) is 0 Å². The Balaban J connectivity index is 2.71. The van der Waals surface area contributed by atoms with E-state index in [0.29, 0.717) is 25.6 Å². The highest BCUT2D eigenvalue weighted by Crippen LogP contribution is 2.24. The average molecular weight is 356 g/mol. The lowest BCUT2D eigenvalue weighted by Crippen LogP contribution is -2.46. The summed E-state index contributed by atoms with van der Waals surface area (Å²) < 4.78 is 27.3. The van der Waals surface area contributed by atoms with E-state index in [1.54, 1.807) is 6.07 Å². The summed E-state index contributed by atoms with van der Waals surface area (Å²) in [5, 5.41) is 0. The van der Waals surface area contributed by atoms with E-state index in [2.05, 4.69) is 4.74 Å². The van der Waals surface area contributed by atoms with Crippen molar-refractivity contribution in [3.8, 4) is 5.75 Å². The van der Waals surface area contributed by atoms with Crippen LogP contribution in [0.1, 0.15) is 32.8 Å². The summed E-state index contributed by atoms with van der Waals surface area (Å²) >= 11 is 0. The number of carbonyl (C=O) groups excluding carboxylic acids is 1. The van der Waals surface area contributed by atoms with Crippen LogP contribution in [0.3, 0.4) is 0 Å². The molecule has 136 valence electrons. The predicted molar refractivity (Wildman–Crippen MR) is 93.2 cm³/mol. The SMILES string of the molecule is CCO[Si](CCCc1ccccc1OC(=O)OC)(OCC)OCC.